The Labute approximate surface area is 88.0 Å². The maximum atomic E-state index is 3.72. The van der Waals surface area contributed by atoms with Gasteiger partial charge in [0.05, 0.1) is 0 Å². The molecule has 0 saturated heterocycles. The first-order valence-corrected chi connectivity index (χ1v) is 6.31. The fourth-order valence-electron chi connectivity index (χ4n) is 2.53. The van der Waals surface area contributed by atoms with Crippen molar-refractivity contribution < 1.29 is 0 Å². The predicted molar refractivity (Wildman–Crippen MR) is 61.4 cm³/mol. The lowest BCUT2D eigenvalue weighted by Crippen LogP contribution is -2.31. The molecule has 0 aromatic carbocycles. The average Bonchev–Trinajstić information content (AvgIpc) is 2.91. The monoisotopic (exact) mass is 193 g/mol. The Morgan fingerprint density at radius 3 is 2.93 bits per heavy atom. The van der Waals surface area contributed by atoms with Gasteiger partial charge < -0.3 is 5.32 Å². The summed E-state index contributed by atoms with van der Waals surface area (Å²) in [5.74, 6) is 1.01. The van der Waals surface area contributed by atoms with Crippen LogP contribution in [0, 0.1) is 5.92 Å². The predicted octanol–water partition coefficient (Wildman–Crippen LogP) is 3.27. The number of hydrogen-bond acceptors (Lipinski definition) is 1. The molecule has 0 bridgehead atoms. The molecular weight excluding hydrogens is 170 g/mol. The minimum atomic E-state index is 0.817. The van der Waals surface area contributed by atoms with E-state index in [0.29, 0.717) is 0 Å². The molecular formula is C13H23N. The second-order valence-corrected chi connectivity index (χ2v) is 4.81. The van der Waals surface area contributed by atoms with Crippen molar-refractivity contribution in [3.63, 3.8) is 0 Å². The molecule has 1 saturated carbocycles. The highest BCUT2D eigenvalue weighted by Crippen LogP contribution is 2.33. The Bertz CT molecular complexity index is 203. The highest BCUT2D eigenvalue weighted by molar-refractivity contribution is 5.07. The van der Waals surface area contributed by atoms with Crippen molar-refractivity contribution in [2.75, 3.05) is 6.54 Å². The molecule has 0 radical (unpaired) electrons. The van der Waals surface area contributed by atoms with E-state index in [0.717, 1.165) is 12.0 Å². The molecule has 0 spiro atoms. The van der Waals surface area contributed by atoms with Crippen molar-refractivity contribution in [1.29, 1.82) is 0 Å². The molecule has 14 heavy (non-hydrogen) atoms. The van der Waals surface area contributed by atoms with Gasteiger partial charge in [0.1, 0.15) is 0 Å². The molecule has 1 atom stereocenters. The van der Waals surface area contributed by atoms with Gasteiger partial charge in [0, 0.05) is 6.04 Å². The highest BCUT2D eigenvalue weighted by atomic mass is 14.9. The molecule has 2 rings (SSSR count). The van der Waals surface area contributed by atoms with Gasteiger partial charge in [0.25, 0.3) is 0 Å². The first-order valence-electron chi connectivity index (χ1n) is 6.31. The second kappa shape index (κ2) is 4.97. The van der Waals surface area contributed by atoms with Crippen LogP contribution in [0.25, 0.3) is 0 Å². The summed E-state index contributed by atoms with van der Waals surface area (Å²) in [6.07, 6.45) is 12.1. The molecule has 1 nitrogen and oxygen atoms in total. The van der Waals surface area contributed by atoms with Crippen LogP contribution in [0.4, 0.5) is 0 Å². The summed E-state index contributed by atoms with van der Waals surface area (Å²) in [6.45, 7) is 3.52. The highest BCUT2D eigenvalue weighted by Gasteiger charge is 2.29. The van der Waals surface area contributed by atoms with Crippen LogP contribution < -0.4 is 5.32 Å². The van der Waals surface area contributed by atoms with Gasteiger partial charge in [-0.25, -0.2) is 0 Å². The molecule has 0 heterocycles. The fourth-order valence-corrected chi connectivity index (χ4v) is 2.53. The van der Waals surface area contributed by atoms with E-state index in [-0.39, 0.29) is 0 Å². The third kappa shape index (κ3) is 2.84. The Kier molecular flexibility index (Phi) is 3.63. The minimum absolute atomic E-state index is 0.817. The van der Waals surface area contributed by atoms with Crippen LogP contribution in [0.1, 0.15) is 51.9 Å². The summed E-state index contributed by atoms with van der Waals surface area (Å²) < 4.78 is 0. The largest absolute Gasteiger partial charge is 0.313 e. The fraction of sp³-hybridized carbons (Fsp3) is 0.846. The van der Waals surface area contributed by atoms with Crippen LogP contribution in [-0.4, -0.2) is 12.6 Å². The lowest BCUT2D eigenvalue weighted by atomic mass is 10.1. The Balaban J connectivity index is 1.60. The smallest absolute Gasteiger partial charge is 0.00928 e. The average molecular weight is 193 g/mol. The minimum Gasteiger partial charge on any atom is -0.313 e. The van der Waals surface area contributed by atoms with Gasteiger partial charge >= 0.3 is 0 Å². The third-order valence-electron chi connectivity index (χ3n) is 3.62. The van der Waals surface area contributed by atoms with Gasteiger partial charge in [-0.05, 0) is 57.4 Å². The van der Waals surface area contributed by atoms with Crippen LogP contribution in [0.5, 0.6) is 0 Å². The third-order valence-corrected chi connectivity index (χ3v) is 3.62. The summed E-state index contributed by atoms with van der Waals surface area (Å²) >= 11 is 0. The molecule has 0 aromatic rings. The van der Waals surface area contributed by atoms with E-state index in [1.165, 1.54) is 51.5 Å². The Morgan fingerprint density at radius 1 is 1.50 bits per heavy atom. The number of hydrogen-bond donors (Lipinski definition) is 1. The van der Waals surface area contributed by atoms with Crippen LogP contribution in [0.2, 0.25) is 0 Å². The van der Waals surface area contributed by atoms with E-state index in [1.807, 2.05) is 0 Å². The van der Waals surface area contributed by atoms with Crippen molar-refractivity contribution in [2.45, 2.75) is 57.9 Å². The maximum Gasteiger partial charge on any atom is 0.00928 e. The van der Waals surface area contributed by atoms with E-state index < -0.39 is 0 Å². The molecule has 1 heteroatoms. The Morgan fingerprint density at radius 2 is 2.36 bits per heavy atom. The zero-order valence-electron chi connectivity index (χ0n) is 9.39. The van der Waals surface area contributed by atoms with Crippen molar-refractivity contribution in [2.24, 2.45) is 5.92 Å². The summed E-state index contributed by atoms with van der Waals surface area (Å²) in [7, 11) is 0. The van der Waals surface area contributed by atoms with E-state index in [1.54, 1.807) is 5.57 Å². The molecule has 2 aliphatic rings. The standard InChI is InChI=1S/C13H23N/c1-2-13(12-7-8-12)14-10-9-11-5-3-4-6-11/h5,12-14H,2-4,6-10H2,1H3. The zero-order valence-corrected chi connectivity index (χ0v) is 9.39. The number of nitrogens with one attached hydrogen (secondary N) is 1. The van der Waals surface area contributed by atoms with E-state index in [2.05, 4.69) is 18.3 Å². The normalized spacial score (nSPS) is 23.6. The van der Waals surface area contributed by atoms with Crippen molar-refractivity contribution in [1.82, 2.24) is 5.32 Å². The van der Waals surface area contributed by atoms with Crippen molar-refractivity contribution in [3.05, 3.63) is 11.6 Å². The lowest BCUT2D eigenvalue weighted by molar-refractivity contribution is 0.452. The van der Waals surface area contributed by atoms with Crippen LogP contribution in [0.3, 0.4) is 0 Å². The summed E-state index contributed by atoms with van der Waals surface area (Å²) in [6, 6.07) is 0.817. The molecule has 0 aromatic heterocycles. The molecule has 0 amide bonds. The first kappa shape index (κ1) is 10.2. The van der Waals surface area contributed by atoms with Gasteiger partial charge in [-0.3, -0.25) is 0 Å². The first-order chi connectivity index (χ1) is 6.90. The molecule has 1 fully saturated rings. The quantitative estimate of drug-likeness (QED) is 0.638. The van der Waals surface area contributed by atoms with Gasteiger partial charge in [0.15, 0.2) is 0 Å². The van der Waals surface area contributed by atoms with E-state index in [4.69, 9.17) is 0 Å². The SMILES string of the molecule is CCC(NCCC1=CCCC1)C1CC1. The van der Waals surface area contributed by atoms with Gasteiger partial charge in [-0.1, -0.05) is 18.6 Å². The molecule has 1 unspecified atom stereocenters. The maximum absolute atomic E-state index is 3.72. The molecule has 80 valence electrons. The van der Waals surface area contributed by atoms with E-state index in [9.17, 15) is 0 Å². The zero-order chi connectivity index (χ0) is 9.80. The lowest BCUT2D eigenvalue weighted by Gasteiger charge is -2.16. The number of allylic oxidation sites excluding steroid dienone is 1. The molecule has 0 aliphatic heterocycles. The van der Waals surface area contributed by atoms with Crippen LogP contribution in [0.15, 0.2) is 11.6 Å². The van der Waals surface area contributed by atoms with Crippen LogP contribution >= 0.6 is 0 Å². The van der Waals surface area contributed by atoms with Crippen LogP contribution in [-0.2, 0) is 0 Å². The van der Waals surface area contributed by atoms with Gasteiger partial charge in [-0.2, -0.15) is 0 Å². The molecule has 1 N–H and O–H groups in total. The second-order valence-electron chi connectivity index (χ2n) is 4.81. The van der Waals surface area contributed by atoms with Crippen molar-refractivity contribution >= 4 is 0 Å². The molecule has 2 aliphatic carbocycles. The topological polar surface area (TPSA) is 12.0 Å². The summed E-state index contributed by atoms with van der Waals surface area (Å²) in [4.78, 5) is 0. The summed E-state index contributed by atoms with van der Waals surface area (Å²) in [5.41, 5.74) is 1.70. The van der Waals surface area contributed by atoms with Crippen molar-refractivity contribution in [3.8, 4) is 0 Å². The Hall–Kier alpha value is -0.300. The van der Waals surface area contributed by atoms with Gasteiger partial charge in [0.2, 0.25) is 0 Å². The van der Waals surface area contributed by atoms with Gasteiger partial charge in [-0.15, -0.1) is 0 Å². The van der Waals surface area contributed by atoms with E-state index >= 15 is 0 Å². The number of rotatable bonds is 6. The summed E-state index contributed by atoms with van der Waals surface area (Å²) in [5, 5.41) is 3.72.